The third-order valence-electron chi connectivity index (χ3n) is 4.69. The predicted octanol–water partition coefficient (Wildman–Crippen LogP) is 0.801. The van der Waals surface area contributed by atoms with E-state index in [4.69, 9.17) is 5.73 Å². The van der Waals surface area contributed by atoms with E-state index >= 15 is 0 Å². The summed E-state index contributed by atoms with van der Waals surface area (Å²) >= 11 is 0. The van der Waals surface area contributed by atoms with Crippen LogP contribution in [0.15, 0.2) is 12.4 Å². The van der Waals surface area contributed by atoms with E-state index in [2.05, 4.69) is 29.4 Å². The van der Waals surface area contributed by atoms with Gasteiger partial charge in [-0.05, 0) is 26.9 Å². The van der Waals surface area contributed by atoms with Crippen LogP contribution in [0.2, 0.25) is 0 Å². The minimum absolute atomic E-state index is 0.0720. The quantitative estimate of drug-likeness (QED) is 0.842. The van der Waals surface area contributed by atoms with Crippen LogP contribution in [0.3, 0.4) is 0 Å². The standard InChI is InChI=1S/C15H27N5O/c1-19(2)15(7-5-4-6-8-15)11-17-14(21)13(16)12-9-18-20(3)10-12/h9-10,13H,4-8,11,16H2,1-3H3,(H,17,21). The molecule has 1 aliphatic rings. The first kappa shape index (κ1) is 16.0. The average molecular weight is 293 g/mol. The van der Waals surface area contributed by atoms with Crippen LogP contribution in [0.5, 0.6) is 0 Å². The van der Waals surface area contributed by atoms with Crippen molar-refractivity contribution in [1.29, 1.82) is 0 Å². The number of nitrogens with one attached hydrogen (secondary N) is 1. The number of hydrogen-bond acceptors (Lipinski definition) is 4. The van der Waals surface area contributed by atoms with Gasteiger partial charge in [-0.15, -0.1) is 0 Å². The molecule has 0 spiro atoms. The van der Waals surface area contributed by atoms with Gasteiger partial charge in [0.15, 0.2) is 0 Å². The lowest BCUT2D eigenvalue weighted by Crippen LogP contribution is -2.54. The van der Waals surface area contributed by atoms with Crippen LogP contribution in [-0.4, -0.2) is 46.8 Å². The van der Waals surface area contributed by atoms with Crippen molar-refractivity contribution in [1.82, 2.24) is 20.0 Å². The topological polar surface area (TPSA) is 76.2 Å². The lowest BCUT2D eigenvalue weighted by Gasteiger charge is -2.43. The predicted molar refractivity (Wildman–Crippen MR) is 82.6 cm³/mol. The summed E-state index contributed by atoms with van der Waals surface area (Å²) in [5, 5.41) is 7.10. The number of carbonyl (C=O) groups is 1. The highest BCUT2D eigenvalue weighted by Gasteiger charge is 2.34. The molecular weight excluding hydrogens is 266 g/mol. The van der Waals surface area contributed by atoms with Crippen molar-refractivity contribution in [2.24, 2.45) is 12.8 Å². The second kappa shape index (κ2) is 6.58. The summed E-state index contributed by atoms with van der Waals surface area (Å²) in [5.74, 6) is -0.130. The van der Waals surface area contributed by atoms with Gasteiger partial charge in [0.2, 0.25) is 5.91 Å². The number of aryl methyl sites for hydroxylation is 1. The SMILES string of the molecule is CN(C)C1(CNC(=O)C(N)c2cnn(C)c2)CCCCC1. The molecule has 6 heteroatoms. The highest BCUT2D eigenvalue weighted by molar-refractivity contribution is 5.82. The Balaban J connectivity index is 1.95. The van der Waals surface area contributed by atoms with Gasteiger partial charge in [-0.25, -0.2) is 0 Å². The van der Waals surface area contributed by atoms with E-state index in [-0.39, 0.29) is 11.4 Å². The first-order chi connectivity index (χ1) is 9.94. The third kappa shape index (κ3) is 3.63. The Morgan fingerprint density at radius 3 is 2.67 bits per heavy atom. The van der Waals surface area contributed by atoms with Gasteiger partial charge < -0.3 is 16.0 Å². The number of likely N-dealkylation sites (N-methyl/N-ethyl adjacent to an activating group) is 1. The minimum atomic E-state index is -0.651. The molecule has 0 radical (unpaired) electrons. The Hall–Kier alpha value is -1.40. The second-order valence-corrected chi connectivity index (χ2v) is 6.32. The normalized spacial score (nSPS) is 19.5. The number of hydrogen-bond donors (Lipinski definition) is 2. The van der Waals surface area contributed by atoms with Gasteiger partial charge in [-0.2, -0.15) is 5.10 Å². The fourth-order valence-electron chi connectivity index (χ4n) is 3.11. The molecule has 1 aliphatic carbocycles. The molecule has 6 nitrogen and oxygen atoms in total. The van der Waals surface area contributed by atoms with Crippen molar-refractivity contribution < 1.29 is 4.79 Å². The molecule has 0 aliphatic heterocycles. The molecule has 1 atom stereocenters. The first-order valence-electron chi connectivity index (χ1n) is 7.64. The summed E-state index contributed by atoms with van der Waals surface area (Å²) in [5.41, 5.74) is 6.83. The van der Waals surface area contributed by atoms with Crippen molar-refractivity contribution in [2.45, 2.75) is 43.7 Å². The Morgan fingerprint density at radius 2 is 2.14 bits per heavy atom. The Kier molecular flexibility index (Phi) is 5.00. The molecule has 118 valence electrons. The number of rotatable bonds is 5. The number of nitrogens with zero attached hydrogens (tertiary/aromatic N) is 3. The van der Waals surface area contributed by atoms with E-state index in [1.165, 1.54) is 19.3 Å². The number of aromatic nitrogens is 2. The van der Waals surface area contributed by atoms with Crippen LogP contribution < -0.4 is 11.1 Å². The summed E-state index contributed by atoms with van der Waals surface area (Å²) in [6.07, 6.45) is 9.42. The van der Waals surface area contributed by atoms with Crippen molar-refractivity contribution in [3.8, 4) is 0 Å². The second-order valence-electron chi connectivity index (χ2n) is 6.32. The van der Waals surface area contributed by atoms with Crippen molar-refractivity contribution in [3.05, 3.63) is 18.0 Å². The maximum absolute atomic E-state index is 12.3. The third-order valence-corrected chi connectivity index (χ3v) is 4.69. The largest absolute Gasteiger partial charge is 0.353 e. The molecule has 1 heterocycles. The zero-order valence-corrected chi connectivity index (χ0v) is 13.3. The molecule has 1 fully saturated rings. The average Bonchev–Trinajstić information content (AvgIpc) is 2.91. The van der Waals surface area contributed by atoms with Crippen molar-refractivity contribution in [3.63, 3.8) is 0 Å². The Bertz CT molecular complexity index is 476. The lowest BCUT2D eigenvalue weighted by molar-refractivity contribution is -0.123. The van der Waals surface area contributed by atoms with Crippen LogP contribution in [0, 0.1) is 0 Å². The molecule has 2 rings (SSSR count). The number of nitrogens with two attached hydrogens (primary N) is 1. The van der Waals surface area contributed by atoms with Gasteiger partial charge in [0.05, 0.1) is 6.20 Å². The highest BCUT2D eigenvalue weighted by atomic mass is 16.2. The molecule has 3 N–H and O–H groups in total. The van der Waals surface area contributed by atoms with Gasteiger partial charge in [-0.3, -0.25) is 9.48 Å². The fraction of sp³-hybridized carbons (Fsp3) is 0.733. The maximum atomic E-state index is 12.3. The molecule has 21 heavy (non-hydrogen) atoms. The monoisotopic (exact) mass is 293 g/mol. The van der Waals surface area contributed by atoms with Crippen LogP contribution in [0.4, 0.5) is 0 Å². The molecular formula is C15H27N5O. The molecule has 1 aromatic heterocycles. The molecule has 1 saturated carbocycles. The first-order valence-corrected chi connectivity index (χ1v) is 7.64. The van der Waals surface area contributed by atoms with Gasteiger partial charge >= 0.3 is 0 Å². The summed E-state index contributed by atoms with van der Waals surface area (Å²) in [4.78, 5) is 14.5. The number of carbonyl (C=O) groups excluding carboxylic acids is 1. The van der Waals surface area contributed by atoms with E-state index < -0.39 is 6.04 Å². The van der Waals surface area contributed by atoms with Gasteiger partial charge in [-0.1, -0.05) is 19.3 Å². The van der Waals surface area contributed by atoms with Gasteiger partial charge in [0.1, 0.15) is 6.04 Å². The fourth-order valence-corrected chi connectivity index (χ4v) is 3.11. The zero-order valence-electron chi connectivity index (χ0n) is 13.3. The van der Waals surface area contributed by atoms with E-state index in [1.807, 2.05) is 7.05 Å². The van der Waals surface area contributed by atoms with Crippen LogP contribution in [0.1, 0.15) is 43.7 Å². The lowest BCUT2D eigenvalue weighted by atomic mass is 9.80. The Morgan fingerprint density at radius 1 is 1.48 bits per heavy atom. The molecule has 0 aromatic carbocycles. The van der Waals surface area contributed by atoms with E-state index in [0.29, 0.717) is 6.54 Å². The van der Waals surface area contributed by atoms with Gasteiger partial charge in [0, 0.05) is 30.9 Å². The van der Waals surface area contributed by atoms with Crippen LogP contribution in [-0.2, 0) is 11.8 Å². The smallest absolute Gasteiger partial charge is 0.241 e. The number of amides is 1. The summed E-state index contributed by atoms with van der Waals surface area (Å²) in [6.45, 7) is 0.660. The van der Waals surface area contributed by atoms with Crippen molar-refractivity contribution in [2.75, 3.05) is 20.6 Å². The van der Waals surface area contributed by atoms with Crippen LogP contribution in [0.25, 0.3) is 0 Å². The molecule has 0 saturated heterocycles. The molecule has 1 unspecified atom stereocenters. The zero-order chi connectivity index (χ0) is 15.5. The molecule has 1 aromatic rings. The maximum Gasteiger partial charge on any atom is 0.241 e. The summed E-state index contributed by atoms with van der Waals surface area (Å²) in [7, 11) is 6.01. The molecule has 1 amide bonds. The van der Waals surface area contributed by atoms with Gasteiger partial charge in [0.25, 0.3) is 0 Å². The van der Waals surface area contributed by atoms with Crippen LogP contribution >= 0.6 is 0 Å². The van der Waals surface area contributed by atoms with Crippen molar-refractivity contribution >= 4 is 5.91 Å². The summed E-state index contributed by atoms with van der Waals surface area (Å²) < 4.78 is 1.66. The van der Waals surface area contributed by atoms with E-state index in [0.717, 1.165) is 18.4 Å². The van der Waals surface area contributed by atoms with E-state index in [9.17, 15) is 4.79 Å². The highest BCUT2D eigenvalue weighted by Crippen LogP contribution is 2.31. The summed E-state index contributed by atoms with van der Waals surface area (Å²) in [6, 6.07) is -0.651. The minimum Gasteiger partial charge on any atom is -0.353 e. The molecule has 0 bridgehead atoms. The van der Waals surface area contributed by atoms with E-state index in [1.54, 1.807) is 17.1 Å². The Labute approximate surface area is 126 Å².